The van der Waals surface area contributed by atoms with E-state index in [1.165, 1.54) is 12.1 Å². The Balaban J connectivity index is 1.74. The lowest BCUT2D eigenvalue weighted by atomic mass is 10.0. The number of hydrogen-bond acceptors (Lipinski definition) is 3. The molecule has 1 atom stereocenters. The first kappa shape index (κ1) is 17.4. The predicted octanol–water partition coefficient (Wildman–Crippen LogP) is 5.08. The van der Waals surface area contributed by atoms with Crippen molar-refractivity contribution < 1.29 is 13.2 Å². The van der Waals surface area contributed by atoms with E-state index in [-0.39, 0.29) is 5.56 Å². The molecule has 4 rings (SSSR count). The van der Waals surface area contributed by atoms with Crippen LogP contribution in [0.15, 0.2) is 69.9 Å². The molecule has 0 aliphatic rings. The Labute approximate surface area is 154 Å². The Kier molecular flexibility index (Phi) is 4.46. The van der Waals surface area contributed by atoms with Crippen LogP contribution in [0.25, 0.3) is 21.7 Å². The van der Waals surface area contributed by atoms with Gasteiger partial charge in [-0.1, -0.05) is 42.5 Å². The molecular weight excluding hydrogens is 348 g/mol. The maximum atomic E-state index is 14.0. The summed E-state index contributed by atoms with van der Waals surface area (Å²) in [5.41, 5.74) is 1.05. The van der Waals surface area contributed by atoms with Crippen LogP contribution >= 0.6 is 0 Å². The molecule has 1 heterocycles. The van der Waals surface area contributed by atoms with E-state index in [0.29, 0.717) is 12.1 Å². The number of nitrogens with one attached hydrogen (secondary N) is 1. The first-order chi connectivity index (χ1) is 13.0. The molecule has 0 amide bonds. The van der Waals surface area contributed by atoms with Gasteiger partial charge < -0.3 is 9.73 Å². The zero-order valence-electron chi connectivity index (χ0n) is 14.6. The Hall–Kier alpha value is -3.05. The Morgan fingerprint density at radius 2 is 1.85 bits per heavy atom. The van der Waals surface area contributed by atoms with Crippen molar-refractivity contribution in [3.63, 3.8) is 0 Å². The van der Waals surface area contributed by atoms with Crippen LogP contribution in [0.4, 0.5) is 8.78 Å². The smallest absolute Gasteiger partial charge is 0.336 e. The van der Waals surface area contributed by atoms with Crippen LogP contribution in [0.2, 0.25) is 0 Å². The van der Waals surface area contributed by atoms with Gasteiger partial charge in [-0.15, -0.1) is 0 Å². The molecular formula is C22H17F2NO2. The average Bonchev–Trinajstić information content (AvgIpc) is 2.67. The summed E-state index contributed by atoms with van der Waals surface area (Å²) in [6, 6.07) is 16.6. The average molecular weight is 365 g/mol. The van der Waals surface area contributed by atoms with E-state index < -0.39 is 23.3 Å². The highest BCUT2D eigenvalue weighted by molar-refractivity contribution is 6.07. The number of hydrogen-bond donors (Lipinski definition) is 1. The normalized spacial score (nSPS) is 12.6. The van der Waals surface area contributed by atoms with Crippen molar-refractivity contribution in [3.05, 3.63) is 93.8 Å². The largest absolute Gasteiger partial charge is 0.423 e. The van der Waals surface area contributed by atoms with Crippen LogP contribution in [0.1, 0.15) is 24.1 Å². The summed E-state index contributed by atoms with van der Waals surface area (Å²) in [5.74, 6) is -1.74. The summed E-state index contributed by atoms with van der Waals surface area (Å²) in [5, 5.41) is 6.02. The molecule has 3 aromatic carbocycles. The zero-order valence-corrected chi connectivity index (χ0v) is 14.6. The number of rotatable bonds is 4. The van der Waals surface area contributed by atoms with Crippen molar-refractivity contribution in [1.29, 1.82) is 0 Å². The van der Waals surface area contributed by atoms with Crippen molar-refractivity contribution in [3.8, 4) is 0 Å². The van der Waals surface area contributed by atoms with Crippen molar-refractivity contribution in [2.24, 2.45) is 0 Å². The van der Waals surface area contributed by atoms with E-state index in [0.717, 1.165) is 27.8 Å². The van der Waals surface area contributed by atoms with Crippen molar-refractivity contribution in [2.75, 3.05) is 0 Å². The highest BCUT2D eigenvalue weighted by atomic mass is 19.2. The molecule has 0 spiro atoms. The van der Waals surface area contributed by atoms with Crippen LogP contribution in [-0.2, 0) is 6.54 Å². The van der Waals surface area contributed by atoms with Crippen LogP contribution in [0, 0.1) is 11.6 Å². The van der Waals surface area contributed by atoms with Crippen molar-refractivity contribution in [2.45, 2.75) is 19.5 Å². The van der Waals surface area contributed by atoms with Gasteiger partial charge in [0.25, 0.3) is 0 Å². The van der Waals surface area contributed by atoms with Crippen LogP contribution in [0.5, 0.6) is 0 Å². The maximum Gasteiger partial charge on any atom is 0.336 e. The summed E-state index contributed by atoms with van der Waals surface area (Å²) in [6.07, 6.45) is 0. The molecule has 0 aliphatic carbocycles. The van der Waals surface area contributed by atoms with E-state index in [2.05, 4.69) is 5.32 Å². The Morgan fingerprint density at radius 3 is 2.70 bits per heavy atom. The number of fused-ring (bicyclic) bond motifs is 3. The minimum Gasteiger partial charge on any atom is -0.423 e. The van der Waals surface area contributed by atoms with Crippen LogP contribution in [0.3, 0.4) is 0 Å². The lowest BCUT2D eigenvalue weighted by Crippen LogP contribution is -2.20. The summed E-state index contributed by atoms with van der Waals surface area (Å²) in [4.78, 5) is 11.9. The number of halogens is 2. The van der Waals surface area contributed by atoms with Gasteiger partial charge in [-0.2, -0.15) is 0 Å². The second kappa shape index (κ2) is 6.93. The fourth-order valence-electron chi connectivity index (χ4n) is 3.39. The van der Waals surface area contributed by atoms with E-state index in [1.54, 1.807) is 19.1 Å². The van der Waals surface area contributed by atoms with Gasteiger partial charge in [-0.3, -0.25) is 0 Å². The van der Waals surface area contributed by atoms with E-state index >= 15 is 0 Å². The fourth-order valence-corrected chi connectivity index (χ4v) is 3.39. The van der Waals surface area contributed by atoms with Gasteiger partial charge in [-0.05, 0) is 35.4 Å². The Bertz CT molecular complexity index is 1200. The molecule has 0 radical (unpaired) electrons. The fraction of sp³-hybridized carbons (Fsp3) is 0.136. The first-order valence-electron chi connectivity index (χ1n) is 8.66. The van der Waals surface area contributed by atoms with E-state index in [9.17, 15) is 13.6 Å². The standard InChI is InChI=1S/C22H17F2NO2/c1-13(16-7-4-8-18(23)22(16)24)25-12-15-11-20(26)27-19-10-9-14-5-2-3-6-17(14)21(15)19/h2-11,13,25H,12H2,1H3. The molecule has 0 fully saturated rings. The summed E-state index contributed by atoms with van der Waals surface area (Å²) in [7, 11) is 0. The van der Waals surface area contributed by atoms with Gasteiger partial charge in [0.15, 0.2) is 11.6 Å². The molecule has 3 nitrogen and oxygen atoms in total. The van der Waals surface area contributed by atoms with Gasteiger partial charge in [0.05, 0.1) is 0 Å². The SMILES string of the molecule is CC(NCc1cc(=O)oc2ccc3ccccc3c12)c1cccc(F)c1F. The number of benzene rings is 3. The van der Waals surface area contributed by atoms with Gasteiger partial charge in [0.2, 0.25) is 0 Å². The zero-order chi connectivity index (χ0) is 19.0. The van der Waals surface area contributed by atoms with Gasteiger partial charge in [0.1, 0.15) is 5.58 Å². The summed E-state index contributed by atoms with van der Waals surface area (Å²) < 4.78 is 32.8. The van der Waals surface area contributed by atoms with Crippen LogP contribution in [-0.4, -0.2) is 0 Å². The molecule has 0 saturated heterocycles. The van der Waals surface area contributed by atoms with Gasteiger partial charge in [-0.25, -0.2) is 13.6 Å². The van der Waals surface area contributed by atoms with Crippen molar-refractivity contribution in [1.82, 2.24) is 5.32 Å². The minimum atomic E-state index is -0.877. The summed E-state index contributed by atoms with van der Waals surface area (Å²) in [6.45, 7) is 2.07. The second-order valence-electron chi connectivity index (χ2n) is 6.50. The topological polar surface area (TPSA) is 42.2 Å². The predicted molar refractivity (Wildman–Crippen MR) is 102 cm³/mol. The monoisotopic (exact) mass is 365 g/mol. The van der Waals surface area contributed by atoms with Gasteiger partial charge >= 0.3 is 5.63 Å². The quantitative estimate of drug-likeness (QED) is 0.405. The Morgan fingerprint density at radius 1 is 1.04 bits per heavy atom. The summed E-state index contributed by atoms with van der Waals surface area (Å²) >= 11 is 0. The van der Waals surface area contributed by atoms with E-state index in [4.69, 9.17) is 4.42 Å². The molecule has 5 heteroatoms. The molecule has 136 valence electrons. The molecule has 0 bridgehead atoms. The third-order valence-corrected chi connectivity index (χ3v) is 4.76. The van der Waals surface area contributed by atoms with Gasteiger partial charge in [0, 0.05) is 29.6 Å². The minimum absolute atomic E-state index is 0.243. The highest BCUT2D eigenvalue weighted by Gasteiger charge is 2.15. The van der Waals surface area contributed by atoms with E-state index in [1.807, 2.05) is 30.3 Å². The molecule has 1 aromatic heterocycles. The highest BCUT2D eigenvalue weighted by Crippen LogP contribution is 2.28. The molecule has 1 N–H and O–H groups in total. The molecule has 0 saturated carbocycles. The second-order valence-corrected chi connectivity index (χ2v) is 6.50. The molecule has 27 heavy (non-hydrogen) atoms. The lowest BCUT2D eigenvalue weighted by Gasteiger charge is -2.16. The van der Waals surface area contributed by atoms with Crippen LogP contribution < -0.4 is 10.9 Å². The molecule has 1 unspecified atom stereocenters. The molecule has 0 aliphatic heterocycles. The maximum absolute atomic E-state index is 14.0. The van der Waals surface area contributed by atoms with Crippen molar-refractivity contribution >= 4 is 21.7 Å². The first-order valence-corrected chi connectivity index (χ1v) is 8.66. The third-order valence-electron chi connectivity index (χ3n) is 4.76. The lowest BCUT2D eigenvalue weighted by molar-refractivity contribution is 0.472. The molecule has 4 aromatic rings. The third kappa shape index (κ3) is 3.22.